The lowest BCUT2D eigenvalue weighted by Crippen LogP contribution is -2.28. The van der Waals surface area contributed by atoms with Gasteiger partial charge < -0.3 is 10.1 Å². The molecule has 0 spiro atoms. The number of carbonyl (C=O) groups excluding carboxylic acids is 2. The van der Waals surface area contributed by atoms with E-state index < -0.39 is 0 Å². The molecular formula is C13H20BrN3O3. The summed E-state index contributed by atoms with van der Waals surface area (Å²) in [7, 11) is 1.80. The van der Waals surface area contributed by atoms with Crippen LogP contribution in [0.5, 0.6) is 0 Å². The van der Waals surface area contributed by atoms with Crippen molar-refractivity contribution < 1.29 is 14.3 Å². The van der Waals surface area contributed by atoms with Gasteiger partial charge in [0.05, 0.1) is 6.54 Å². The molecule has 0 aromatic heterocycles. The number of ether oxygens (including phenoxy) is 1. The second-order valence-electron chi connectivity index (χ2n) is 3.90. The van der Waals surface area contributed by atoms with Crippen molar-refractivity contribution in [1.29, 1.82) is 0 Å². The first-order valence-electron chi connectivity index (χ1n) is 6.03. The van der Waals surface area contributed by atoms with Gasteiger partial charge in [-0.1, -0.05) is 12.1 Å². The predicted octanol–water partition coefficient (Wildman–Crippen LogP) is 0.781. The summed E-state index contributed by atoms with van der Waals surface area (Å²) in [5.41, 5.74) is 7.45. The van der Waals surface area contributed by atoms with Gasteiger partial charge in [-0.3, -0.25) is 20.4 Å². The molecule has 1 aromatic rings. The molecule has 6 nitrogen and oxygen atoms in total. The Hall–Kier alpha value is -1.44. The van der Waals surface area contributed by atoms with Crippen LogP contribution in [0.15, 0.2) is 24.3 Å². The smallest absolute Gasteiger partial charge is 0.302 e. The Morgan fingerprint density at radius 2 is 1.85 bits per heavy atom. The number of nitrogens with one attached hydrogen (secondary N) is 3. The summed E-state index contributed by atoms with van der Waals surface area (Å²) in [6, 6.07) is 7.28. The molecule has 0 unspecified atom stereocenters. The van der Waals surface area contributed by atoms with E-state index in [1.807, 2.05) is 12.1 Å². The van der Waals surface area contributed by atoms with Gasteiger partial charge in [0.25, 0.3) is 5.91 Å². The Balaban J connectivity index is 0.00000361. The fourth-order valence-electron chi connectivity index (χ4n) is 1.43. The van der Waals surface area contributed by atoms with Gasteiger partial charge in [0, 0.05) is 19.0 Å². The average molecular weight is 346 g/mol. The standard InChI is InChI=1S/C13H19N3O3.BrH/c1-10(17)19-8-7-15-13(18)12-5-3-11(4-6-12)9-16-14-2;/h3-6,14,16H,7-9H2,1-2H3,(H,15,18);1H. The van der Waals surface area contributed by atoms with E-state index in [1.54, 1.807) is 19.2 Å². The van der Waals surface area contributed by atoms with Crippen molar-refractivity contribution in [2.24, 2.45) is 0 Å². The molecule has 1 rings (SSSR count). The van der Waals surface area contributed by atoms with Crippen LogP contribution < -0.4 is 16.2 Å². The van der Waals surface area contributed by atoms with E-state index in [-0.39, 0.29) is 35.5 Å². The number of hydrogen-bond donors (Lipinski definition) is 3. The number of hydrogen-bond acceptors (Lipinski definition) is 5. The second kappa shape index (κ2) is 10.4. The molecule has 0 aliphatic heterocycles. The van der Waals surface area contributed by atoms with E-state index in [0.29, 0.717) is 18.7 Å². The molecule has 0 atom stereocenters. The van der Waals surface area contributed by atoms with E-state index in [1.165, 1.54) is 6.92 Å². The number of rotatable bonds is 7. The maximum atomic E-state index is 11.7. The summed E-state index contributed by atoms with van der Waals surface area (Å²) in [4.78, 5) is 22.3. The molecule has 112 valence electrons. The highest BCUT2D eigenvalue weighted by atomic mass is 79.9. The van der Waals surface area contributed by atoms with Gasteiger partial charge in [-0.25, -0.2) is 0 Å². The summed E-state index contributed by atoms with van der Waals surface area (Å²) in [5, 5.41) is 2.67. The molecule has 0 aliphatic carbocycles. The number of esters is 1. The molecule has 1 aromatic carbocycles. The van der Waals surface area contributed by atoms with Crippen LogP contribution in [-0.2, 0) is 16.1 Å². The van der Waals surface area contributed by atoms with E-state index in [9.17, 15) is 9.59 Å². The zero-order valence-electron chi connectivity index (χ0n) is 11.6. The molecule has 0 fully saturated rings. The van der Waals surface area contributed by atoms with Crippen LogP contribution in [0.2, 0.25) is 0 Å². The zero-order valence-corrected chi connectivity index (χ0v) is 13.3. The lowest BCUT2D eigenvalue weighted by atomic mass is 10.1. The van der Waals surface area contributed by atoms with Crippen molar-refractivity contribution in [1.82, 2.24) is 16.2 Å². The summed E-state index contributed by atoms with van der Waals surface area (Å²) < 4.78 is 4.72. The first kappa shape index (κ1) is 18.6. The molecular weight excluding hydrogens is 326 g/mol. The van der Waals surface area contributed by atoms with Crippen LogP contribution in [0.4, 0.5) is 0 Å². The quantitative estimate of drug-likeness (QED) is 0.386. The van der Waals surface area contributed by atoms with Gasteiger partial charge in [-0.15, -0.1) is 17.0 Å². The highest BCUT2D eigenvalue weighted by Crippen LogP contribution is 2.03. The number of hydrazine groups is 1. The minimum absolute atomic E-state index is 0. The van der Waals surface area contributed by atoms with E-state index in [0.717, 1.165) is 5.56 Å². The average Bonchev–Trinajstić information content (AvgIpc) is 2.41. The van der Waals surface area contributed by atoms with Gasteiger partial charge in [0.1, 0.15) is 6.61 Å². The molecule has 7 heteroatoms. The number of benzene rings is 1. The van der Waals surface area contributed by atoms with E-state index in [2.05, 4.69) is 16.2 Å². The van der Waals surface area contributed by atoms with Gasteiger partial charge in [0.15, 0.2) is 0 Å². The SMILES string of the molecule is Br.CNNCc1ccc(C(=O)NCCOC(C)=O)cc1. The molecule has 0 radical (unpaired) electrons. The van der Waals surface area contributed by atoms with Crippen molar-refractivity contribution in [2.75, 3.05) is 20.2 Å². The van der Waals surface area contributed by atoms with Crippen molar-refractivity contribution in [3.8, 4) is 0 Å². The van der Waals surface area contributed by atoms with Gasteiger partial charge in [0.2, 0.25) is 0 Å². The van der Waals surface area contributed by atoms with Crippen LogP contribution in [0.3, 0.4) is 0 Å². The fraction of sp³-hybridized carbons (Fsp3) is 0.385. The molecule has 3 N–H and O–H groups in total. The molecule has 0 aliphatic rings. The number of halogens is 1. The van der Waals surface area contributed by atoms with Crippen LogP contribution in [0.1, 0.15) is 22.8 Å². The van der Waals surface area contributed by atoms with Crippen molar-refractivity contribution in [3.63, 3.8) is 0 Å². The zero-order chi connectivity index (χ0) is 14.1. The summed E-state index contributed by atoms with van der Waals surface area (Å²) in [5.74, 6) is -0.532. The Kier molecular flexibility index (Phi) is 9.61. The lowest BCUT2D eigenvalue weighted by Gasteiger charge is -2.07. The Morgan fingerprint density at radius 1 is 1.20 bits per heavy atom. The van der Waals surface area contributed by atoms with Crippen LogP contribution in [0, 0.1) is 0 Å². The van der Waals surface area contributed by atoms with Gasteiger partial charge in [-0.05, 0) is 24.7 Å². The monoisotopic (exact) mass is 345 g/mol. The van der Waals surface area contributed by atoms with Crippen LogP contribution >= 0.6 is 17.0 Å². The first-order chi connectivity index (χ1) is 9.13. The predicted molar refractivity (Wildman–Crippen MR) is 81.6 cm³/mol. The number of amides is 1. The maximum absolute atomic E-state index is 11.7. The topological polar surface area (TPSA) is 79.5 Å². The molecule has 0 saturated heterocycles. The van der Waals surface area contributed by atoms with Crippen molar-refractivity contribution >= 4 is 28.9 Å². The summed E-state index contributed by atoms with van der Waals surface area (Å²) in [6.45, 7) is 2.51. The van der Waals surface area contributed by atoms with E-state index in [4.69, 9.17) is 4.74 Å². The number of carbonyl (C=O) groups is 2. The third-order valence-corrected chi connectivity index (χ3v) is 2.38. The lowest BCUT2D eigenvalue weighted by molar-refractivity contribution is -0.140. The normalized spacial score (nSPS) is 9.50. The third-order valence-electron chi connectivity index (χ3n) is 2.38. The van der Waals surface area contributed by atoms with Crippen LogP contribution in [-0.4, -0.2) is 32.1 Å². The molecule has 0 heterocycles. The minimum atomic E-state index is -0.351. The van der Waals surface area contributed by atoms with Crippen molar-refractivity contribution in [3.05, 3.63) is 35.4 Å². The van der Waals surface area contributed by atoms with Crippen LogP contribution in [0.25, 0.3) is 0 Å². The minimum Gasteiger partial charge on any atom is -0.464 e. The molecule has 20 heavy (non-hydrogen) atoms. The van der Waals surface area contributed by atoms with Gasteiger partial charge in [-0.2, -0.15) is 0 Å². The highest BCUT2D eigenvalue weighted by Gasteiger charge is 2.04. The van der Waals surface area contributed by atoms with E-state index >= 15 is 0 Å². The van der Waals surface area contributed by atoms with Gasteiger partial charge >= 0.3 is 5.97 Å². The molecule has 0 bridgehead atoms. The summed E-state index contributed by atoms with van der Waals surface area (Å²) >= 11 is 0. The summed E-state index contributed by atoms with van der Waals surface area (Å²) in [6.07, 6.45) is 0. The molecule has 1 amide bonds. The fourth-order valence-corrected chi connectivity index (χ4v) is 1.43. The third kappa shape index (κ3) is 7.22. The maximum Gasteiger partial charge on any atom is 0.302 e. The Morgan fingerprint density at radius 3 is 2.40 bits per heavy atom. The first-order valence-corrected chi connectivity index (χ1v) is 6.03. The second-order valence-corrected chi connectivity index (χ2v) is 3.90. The Labute approximate surface area is 129 Å². The van der Waals surface area contributed by atoms with Crippen molar-refractivity contribution in [2.45, 2.75) is 13.5 Å². The Bertz CT molecular complexity index is 423. The molecule has 0 saturated carbocycles. The highest BCUT2D eigenvalue weighted by molar-refractivity contribution is 8.93. The largest absolute Gasteiger partial charge is 0.464 e.